The van der Waals surface area contributed by atoms with Crippen LogP contribution in [0, 0.1) is 6.92 Å². The summed E-state index contributed by atoms with van der Waals surface area (Å²) in [6.45, 7) is 4.09. The highest BCUT2D eigenvalue weighted by atomic mass is 16.3. The Kier molecular flexibility index (Phi) is 3.34. The smallest absolute Gasteiger partial charge is 0.137 e. The van der Waals surface area contributed by atoms with Gasteiger partial charge in [-0.1, -0.05) is 25.1 Å². The first kappa shape index (κ1) is 13.0. The molecule has 1 unspecified atom stereocenters. The Bertz CT molecular complexity index is 727. The van der Waals surface area contributed by atoms with Gasteiger partial charge in [-0.3, -0.25) is 5.84 Å². The van der Waals surface area contributed by atoms with Crippen LogP contribution in [0.15, 0.2) is 45.4 Å². The highest BCUT2D eigenvalue weighted by Crippen LogP contribution is 2.31. The first-order chi connectivity index (χ1) is 9.74. The third-order valence-electron chi connectivity index (χ3n) is 3.62. The Morgan fingerprint density at radius 1 is 1.30 bits per heavy atom. The number of furan rings is 2. The average Bonchev–Trinajstić information content (AvgIpc) is 3.07. The summed E-state index contributed by atoms with van der Waals surface area (Å²) < 4.78 is 11.5. The third-order valence-corrected chi connectivity index (χ3v) is 3.62. The fourth-order valence-electron chi connectivity index (χ4n) is 2.59. The fourth-order valence-corrected chi connectivity index (χ4v) is 2.59. The number of aryl methyl sites for hydroxylation is 2. The number of fused-ring (bicyclic) bond motifs is 1. The lowest BCUT2D eigenvalue weighted by Crippen LogP contribution is -2.28. The summed E-state index contributed by atoms with van der Waals surface area (Å²) >= 11 is 0. The van der Waals surface area contributed by atoms with Crippen molar-refractivity contribution in [3.8, 4) is 0 Å². The summed E-state index contributed by atoms with van der Waals surface area (Å²) in [5.41, 5.74) is 5.87. The molecule has 20 heavy (non-hydrogen) atoms. The van der Waals surface area contributed by atoms with Gasteiger partial charge in [-0.2, -0.15) is 0 Å². The van der Waals surface area contributed by atoms with Crippen LogP contribution in [0.3, 0.4) is 0 Å². The number of hydrogen-bond acceptors (Lipinski definition) is 4. The molecular weight excluding hydrogens is 252 g/mol. The Morgan fingerprint density at radius 3 is 2.85 bits per heavy atom. The van der Waals surface area contributed by atoms with Gasteiger partial charge in [-0.25, -0.2) is 5.43 Å². The van der Waals surface area contributed by atoms with Crippen LogP contribution < -0.4 is 11.3 Å². The van der Waals surface area contributed by atoms with Gasteiger partial charge in [0.05, 0.1) is 6.26 Å². The summed E-state index contributed by atoms with van der Waals surface area (Å²) in [4.78, 5) is 0. The molecule has 0 saturated carbocycles. The van der Waals surface area contributed by atoms with E-state index in [-0.39, 0.29) is 6.04 Å². The zero-order chi connectivity index (χ0) is 14.1. The minimum absolute atomic E-state index is 0.199. The first-order valence-corrected chi connectivity index (χ1v) is 6.76. The minimum atomic E-state index is -0.199. The lowest BCUT2D eigenvalue weighted by atomic mass is 10.0. The molecule has 0 amide bonds. The molecule has 0 fully saturated rings. The summed E-state index contributed by atoms with van der Waals surface area (Å²) in [5.74, 6) is 7.45. The normalized spacial score (nSPS) is 12.9. The number of para-hydroxylation sites is 1. The molecule has 0 spiro atoms. The van der Waals surface area contributed by atoms with Crippen LogP contribution in [0.5, 0.6) is 0 Å². The Balaban J connectivity index is 2.10. The van der Waals surface area contributed by atoms with E-state index >= 15 is 0 Å². The lowest BCUT2D eigenvalue weighted by molar-refractivity contribution is 0.459. The summed E-state index contributed by atoms with van der Waals surface area (Å²) in [6, 6.07) is 9.87. The maximum absolute atomic E-state index is 5.99. The molecule has 0 aliphatic rings. The largest absolute Gasteiger partial charge is 0.469 e. The van der Waals surface area contributed by atoms with Gasteiger partial charge < -0.3 is 8.83 Å². The predicted octanol–water partition coefficient (Wildman–Crippen LogP) is 3.45. The van der Waals surface area contributed by atoms with Gasteiger partial charge in [0.25, 0.3) is 0 Å². The van der Waals surface area contributed by atoms with Crippen molar-refractivity contribution in [1.29, 1.82) is 0 Å². The van der Waals surface area contributed by atoms with Crippen molar-refractivity contribution in [2.75, 3.05) is 0 Å². The van der Waals surface area contributed by atoms with Crippen molar-refractivity contribution in [3.63, 3.8) is 0 Å². The van der Waals surface area contributed by atoms with Crippen molar-refractivity contribution in [1.82, 2.24) is 5.43 Å². The van der Waals surface area contributed by atoms with E-state index in [4.69, 9.17) is 14.7 Å². The maximum atomic E-state index is 5.99. The van der Waals surface area contributed by atoms with Gasteiger partial charge in [0.2, 0.25) is 0 Å². The van der Waals surface area contributed by atoms with E-state index in [0.29, 0.717) is 0 Å². The molecule has 4 heteroatoms. The molecule has 0 aliphatic heterocycles. The van der Waals surface area contributed by atoms with E-state index in [1.165, 1.54) is 0 Å². The predicted molar refractivity (Wildman–Crippen MR) is 78.2 cm³/mol. The molecule has 1 atom stereocenters. The summed E-state index contributed by atoms with van der Waals surface area (Å²) in [6.07, 6.45) is 2.51. The van der Waals surface area contributed by atoms with Crippen LogP contribution in [0.25, 0.3) is 11.0 Å². The number of hydrogen-bond donors (Lipinski definition) is 2. The van der Waals surface area contributed by atoms with E-state index in [9.17, 15) is 0 Å². The Hall–Kier alpha value is -2.04. The fraction of sp³-hybridized carbons (Fsp3) is 0.250. The SMILES string of the molecule is CCc1occc1C(NN)c1cc2cccc(C)c2o1. The lowest BCUT2D eigenvalue weighted by Gasteiger charge is -2.12. The molecule has 0 aliphatic carbocycles. The molecule has 0 saturated heterocycles. The third kappa shape index (κ3) is 2.03. The second-order valence-corrected chi connectivity index (χ2v) is 4.89. The molecule has 104 valence electrons. The number of rotatable bonds is 4. The van der Waals surface area contributed by atoms with E-state index in [1.54, 1.807) is 6.26 Å². The number of nitrogens with two attached hydrogens (primary N) is 1. The molecule has 3 rings (SSSR count). The molecule has 2 aromatic heterocycles. The monoisotopic (exact) mass is 270 g/mol. The zero-order valence-electron chi connectivity index (χ0n) is 11.6. The maximum Gasteiger partial charge on any atom is 0.137 e. The van der Waals surface area contributed by atoms with Crippen LogP contribution in [0.4, 0.5) is 0 Å². The van der Waals surface area contributed by atoms with Crippen molar-refractivity contribution in [2.24, 2.45) is 5.84 Å². The molecule has 4 nitrogen and oxygen atoms in total. The molecular formula is C16H18N2O2. The van der Waals surface area contributed by atoms with Gasteiger partial charge in [0.1, 0.15) is 23.1 Å². The van der Waals surface area contributed by atoms with Crippen molar-refractivity contribution >= 4 is 11.0 Å². The second kappa shape index (κ2) is 5.15. The molecule has 3 N–H and O–H groups in total. The Labute approximate surface area is 117 Å². The van der Waals surface area contributed by atoms with Crippen molar-refractivity contribution < 1.29 is 8.83 Å². The molecule has 2 heterocycles. The van der Waals surface area contributed by atoms with Gasteiger partial charge in [0, 0.05) is 17.4 Å². The van der Waals surface area contributed by atoms with Crippen LogP contribution >= 0.6 is 0 Å². The second-order valence-electron chi connectivity index (χ2n) is 4.89. The molecule has 0 bridgehead atoms. The van der Waals surface area contributed by atoms with E-state index < -0.39 is 0 Å². The highest BCUT2D eigenvalue weighted by molar-refractivity contribution is 5.81. The molecule has 0 radical (unpaired) electrons. The van der Waals surface area contributed by atoms with E-state index in [2.05, 4.69) is 12.3 Å². The summed E-state index contributed by atoms with van der Waals surface area (Å²) in [7, 11) is 0. The van der Waals surface area contributed by atoms with Gasteiger partial charge in [-0.15, -0.1) is 0 Å². The first-order valence-electron chi connectivity index (χ1n) is 6.76. The minimum Gasteiger partial charge on any atom is -0.469 e. The topological polar surface area (TPSA) is 64.3 Å². The van der Waals surface area contributed by atoms with Crippen LogP contribution in [0.2, 0.25) is 0 Å². The Morgan fingerprint density at radius 2 is 2.15 bits per heavy atom. The highest BCUT2D eigenvalue weighted by Gasteiger charge is 2.21. The van der Waals surface area contributed by atoms with Gasteiger partial charge >= 0.3 is 0 Å². The van der Waals surface area contributed by atoms with Crippen LogP contribution in [0.1, 0.15) is 35.6 Å². The number of nitrogens with one attached hydrogen (secondary N) is 1. The van der Waals surface area contributed by atoms with Crippen LogP contribution in [-0.4, -0.2) is 0 Å². The zero-order valence-corrected chi connectivity index (χ0v) is 11.6. The molecule has 1 aromatic carbocycles. The van der Waals surface area contributed by atoms with Gasteiger partial charge in [-0.05, 0) is 24.6 Å². The average molecular weight is 270 g/mol. The van der Waals surface area contributed by atoms with E-state index in [0.717, 1.165) is 40.0 Å². The van der Waals surface area contributed by atoms with Crippen LogP contribution in [-0.2, 0) is 6.42 Å². The number of hydrazine groups is 1. The van der Waals surface area contributed by atoms with Gasteiger partial charge in [0.15, 0.2) is 0 Å². The molecule has 3 aromatic rings. The quantitative estimate of drug-likeness (QED) is 0.563. The van der Waals surface area contributed by atoms with Crippen molar-refractivity contribution in [2.45, 2.75) is 26.3 Å². The number of benzene rings is 1. The van der Waals surface area contributed by atoms with Crippen molar-refractivity contribution in [3.05, 3.63) is 59.2 Å². The van der Waals surface area contributed by atoms with E-state index in [1.807, 2.05) is 37.3 Å². The standard InChI is InChI=1S/C16H18N2O2/c1-3-13-12(7-8-19-13)15(18-17)14-9-11-6-4-5-10(2)16(11)20-14/h4-9,15,18H,3,17H2,1-2H3. The summed E-state index contributed by atoms with van der Waals surface area (Å²) in [5, 5.41) is 1.08.